The first-order chi connectivity index (χ1) is 15.0. The maximum absolute atomic E-state index is 13.2. The van der Waals surface area contributed by atoms with E-state index in [1.54, 1.807) is 25.0 Å². The van der Waals surface area contributed by atoms with Crippen molar-refractivity contribution in [3.05, 3.63) is 29.3 Å². The number of hydrogen-bond donors (Lipinski definition) is 3. The smallest absolute Gasteiger partial charge is 0.243 e. The number of nitrogens with one attached hydrogen (secondary N) is 2. The summed E-state index contributed by atoms with van der Waals surface area (Å²) in [5.41, 5.74) is 3.69. The van der Waals surface area contributed by atoms with Crippen LogP contribution in [0.5, 0.6) is 0 Å². The Morgan fingerprint density at radius 2 is 1.97 bits per heavy atom. The van der Waals surface area contributed by atoms with Crippen LogP contribution in [0.4, 0.5) is 0 Å². The van der Waals surface area contributed by atoms with E-state index in [1.807, 2.05) is 34.6 Å². The van der Waals surface area contributed by atoms with Gasteiger partial charge in [-0.3, -0.25) is 19.6 Å². The van der Waals surface area contributed by atoms with Crippen LogP contribution in [0.3, 0.4) is 0 Å². The van der Waals surface area contributed by atoms with Gasteiger partial charge in [-0.15, -0.1) is 11.3 Å². The van der Waals surface area contributed by atoms with Gasteiger partial charge in [0.15, 0.2) is 0 Å². The van der Waals surface area contributed by atoms with E-state index in [0.29, 0.717) is 5.69 Å². The lowest BCUT2D eigenvalue weighted by Gasteiger charge is -2.34. The molecule has 1 aliphatic heterocycles. The van der Waals surface area contributed by atoms with Crippen LogP contribution in [0.15, 0.2) is 17.9 Å². The predicted octanol–water partition coefficient (Wildman–Crippen LogP) is 1.68. The van der Waals surface area contributed by atoms with Crippen molar-refractivity contribution in [2.75, 3.05) is 13.6 Å². The molecule has 2 aromatic heterocycles. The number of carbonyl (C=O) groups is 2. The molecular formula is C22H32N6O3S. The number of aromatic nitrogens is 3. The lowest BCUT2D eigenvalue weighted by atomic mass is 9.86. The van der Waals surface area contributed by atoms with Crippen LogP contribution in [0.25, 0.3) is 10.6 Å². The topological polar surface area (TPSA) is 120 Å². The van der Waals surface area contributed by atoms with E-state index in [4.69, 9.17) is 0 Å². The minimum absolute atomic E-state index is 0.141. The third-order valence-electron chi connectivity index (χ3n) is 5.72. The van der Waals surface area contributed by atoms with E-state index in [-0.39, 0.29) is 30.2 Å². The number of thiazole rings is 1. The first-order valence-electron chi connectivity index (χ1n) is 10.7. The first kappa shape index (κ1) is 24.2. The van der Waals surface area contributed by atoms with Gasteiger partial charge in [-0.2, -0.15) is 0 Å². The SMILES string of the molecule is CN[C@H](C(=O)N1C[C@H](O)C[C@H]1C(=O)N[C@H](C)c1cnc(-c2scnc2C)cn1)C(C)(C)C. The number of nitrogens with zero attached hydrogens (tertiary/aromatic N) is 4. The highest BCUT2D eigenvalue weighted by Gasteiger charge is 2.43. The van der Waals surface area contributed by atoms with E-state index in [2.05, 4.69) is 25.6 Å². The van der Waals surface area contributed by atoms with Gasteiger partial charge in [0.1, 0.15) is 11.7 Å². The molecule has 9 nitrogen and oxygen atoms in total. The Balaban J connectivity index is 1.70. The third-order valence-corrected chi connectivity index (χ3v) is 6.67. The summed E-state index contributed by atoms with van der Waals surface area (Å²) in [6.07, 6.45) is 2.79. The van der Waals surface area contributed by atoms with Crippen molar-refractivity contribution >= 4 is 23.2 Å². The molecule has 32 heavy (non-hydrogen) atoms. The van der Waals surface area contributed by atoms with Crippen LogP contribution in [-0.2, 0) is 9.59 Å². The van der Waals surface area contributed by atoms with Crippen molar-refractivity contribution in [3.63, 3.8) is 0 Å². The fraction of sp³-hybridized carbons (Fsp3) is 0.591. The van der Waals surface area contributed by atoms with Gasteiger partial charge in [0, 0.05) is 13.0 Å². The summed E-state index contributed by atoms with van der Waals surface area (Å²) in [5.74, 6) is -0.497. The van der Waals surface area contributed by atoms with Crippen molar-refractivity contribution in [2.45, 2.75) is 65.3 Å². The second-order valence-electron chi connectivity index (χ2n) is 9.31. The highest BCUT2D eigenvalue weighted by Crippen LogP contribution is 2.27. The van der Waals surface area contributed by atoms with Crippen LogP contribution >= 0.6 is 11.3 Å². The third kappa shape index (κ3) is 5.13. The minimum atomic E-state index is -0.732. The van der Waals surface area contributed by atoms with Gasteiger partial charge >= 0.3 is 0 Å². The fourth-order valence-corrected chi connectivity index (χ4v) is 4.77. The van der Waals surface area contributed by atoms with Gasteiger partial charge in [0.25, 0.3) is 0 Å². The molecule has 2 aromatic rings. The molecule has 2 amide bonds. The van der Waals surface area contributed by atoms with Crippen LogP contribution in [-0.4, -0.2) is 68.6 Å². The molecule has 0 radical (unpaired) electrons. The maximum Gasteiger partial charge on any atom is 0.243 e. The van der Waals surface area contributed by atoms with E-state index < -0.39 is 24.2 Å². The number of rotatable bonds is 6. The van der Waals surface area contributed by atoms with E-state index in [9.17, 15) is 14.7 Å². The molecule has 1 fully saturated rings. The highest BCUT2D eigenvalue weighted by atomic mass is 32.1. The number of aryl methyl sites for hydroxylation is 1. The van der Waals surface area contributed by atoms with Crippen molar-refractivity contribution in [1.82, 2.24) is 30.5 Å². The maximum atomic E-state index is 13.2. The van der Waals surface area contributed by atoms with Crippen molar-refractivity contribution in [2.24, 2.45) is 5.41 Å². The van der Waals surface area contributed by atoms with Gasteiger partial charge in [0.2, 0.25) is 11.8 Å². The summed E-state index contributed by atoms with van der Waals surface area (Å²) < 4.78 is 0. The van der Waals surface area contributed by atoms with Crippen molar-refractivity contribution in [1.29, 1.82) is 0 Å². The summed E-state index contributed by atoms with van der Waals surface area (Å²) in [4.78, 5) is 41.8. The van der Waals surface area contributed by atoms with E-state index in [1.165, 1.54) is 16.2 Å². The molecule has 0 aromatic carbocycles. The van der Waals surface area contributed by atoms with Crippen molar-refractivity contribution in [3.8, 4) is 10.6 Å². The number of likely N-dealkylation sites (tertiary alicyclic amines) is 1. The summed E-state index contributed by atoms with van der Waals surface area (Å²) in [7, 11) is 1.73. The molecule has 3 heterocycles. The number of likely N-dealkylation sites (N-methyl/N-ethyl adjacent to an activating group) is 1. The van der Waals surface area contributed by atoms with E-state index in [0.717, 1.165) is 16.3 Å². The number of aliphatic hydroxyl groups excluding tert-OH is 1. The van der Waals surface area contributed by atoms with Gasteiger partial charge in [-0.05, 0) is 26.3 Å². The van der Waals surface area contributed by atoms with Gasteiger partial charge in [-0.1, -0.05) is 20.8 Å². The van der Waals surface area contributed by atoms with Gasteiger partial charge < -0.3 is 20.6 Å². The normalized spacial score (nSPS) is 20.8. The summed E-state index contributed by atoms with van der Waals surface area (Å²) in [6, 6.07) is -1.59. The summed E-state index contributed by atoms with van der Waals surface area (Å²) in [5, 5.41) is 16.2. The Morgan fingerprint density at radius 3 is 2.50 bits per heavy atom. The van der Waals surface area contributed by atoms with Crippen LogP contribution in [0, 0.1) is 12.3 Å². The molecule has 0 spiro atoms. The molecule has 4 atom stereocenters. The van der Waals surface area contributed by atoms with E-state index >= 15 is 0 Å². The van der Waals surface area contributed by atoms with Gasteiger partial charge in [0.05, 0.1) is 52.4 Å². The molecule has 3 N–H and O–H groups in total. The Labute approximate surface area is 192 Å². The van der Waals surface area contributed by atoms with Crippen LogP contribution in [0.2, 0.25) is 0 Å². The van der Waals surface area contributed by atoms with Crippen molar-refractivity contribution < 1.29 is 14.7 Å². The Hall–Kier alpha value is -2.43. The zero-order valence-corrected chi connectivity index (χ0v) is 20.2. The number of hydrogen-bond acceptors (Lipinski definition) is 8. The number of amides is 2. The van der Waals surface area contributed by atoms with Crippen LogP contribution < -0.4 is 10.6 Å². The second-order valence-corrected chi connectivity index (χ2v) is 10.2. The average Bonchev–Trinajstić information content (AvgIpc) is 3.33. The molecule has 0 bridgehead atoms. The largest absolute Gasteiger partial charge is 0.391 e. The Bertz CT molecular complexity index is 955. The predicted molar refractivity (Wildman–Crippen MR) is 123 cm³/mol. The minimum Gasteiger partial charge on any atom is -0.391 e. The molecule has 10 heteroatoms. The molecule has 0 unspecified atom stereocenters. The Morgan fingerprint density at radius 1 is 1.25 bits per heavy atom. The molecule has 1 aliphatic rings. The molecule has 174 valence electrons. The van der Waals surface area contributed by atoms with Gasteiger partial charge in [-0.25, -0.2) is 4.98 Å². The lowest BCUT2D eigenvalue weighted by molar-refractivity contribution is -0.142. The zero-order valence-electron chi connectivity index (χ0n) is 19.4. The number of aliphatic hydroxyl groups is 1. The molecule has 1 saturated heterocycles. The number of carbonyl (C=O) groups excluding carboxylic acids is 2. The number of β-amino-alcohol motifs (C(OH)–C–C–N with tert-alkyl or cyclic N) is 1. The quantitative estimate of drug-likeness (QED) is 0.600. The lowest BCUT2D eigenvalue weighted by Crippen LogP contribution is -2.56. The summed E-state index contributed by atoms with van der Waals surface area (Å²) in [6.45, 7) is 9.78. The summed E-state index contributed by atoms with van der Waals surface area (Å²) >= 11 is 1.50. The second kappa shape index (κ2) is 9.60. The standard InChI is InChI=1S/C22H32N6O3S/c1-12(15-8-25-16(9-24-15)18-13(2)26-11-32-18)27-20(30)17-7-14(29)10-28(17)21(31)19(23-6)22(3,4)5/h8-9,11-12,14,17,19,23,29H,7,10H2,1-6H3,(H,27,30)/t12-,14-,17+,19-/m1/s1. The average molecular weight is 461 g/mol. The van der Waals surface area contributed by atoms with Crippen LogP contribution in [0.1, 0.15) is 51.5 Å². The fourth-order valence-electron chi connectivity index (χ4n) is 4.01. The monoisotopic (exact) mass is 460 g/mol. The zero-order chi connectivity index (χ0) is 23.6. The molecular weight excluding hydrogens is 428 g/mol. The molecule has 0 saturated carbocycles. The molecule has 3 rings (SSSR count). The molecule has 0 aliphatic carbocycles. The first-order valence-corrected chi connectivity index (χ1v) is 11.6. The highest BCUT2D eigenvalue weighted by molar-refractivity contribution is 7.13. The Kier molecular flexibility index (Phi) is 7.26.